The van der Waals surface area contributed by atoms with Gasteiger partial charge < -0.3 is 38.2 Å². The fourth-order valence-corrected chi connectivity index (χ4v) is 4.34. The van der Waals surface area contributed by atoms with E-state index in [0.29, 0.717) is 35.4 Å². The van der Waals surface area contributed by atoms with Crippen molar-refractivity contribution in [3.63, 3.8) is 0 Å². The lowest BCUT2D eigenvalue weighted by Gasteiger charge is -2.26. The zero-order chi connectivity index (χ0) is 33.9. The summed E-state index contributed by atoms with van der Waals surface area (Å²) in [5.41, 5.74) is 2.14. The van der Waals surface area contributed by atoms with Crippen LogP contribution in [-0.4, -0.2) is 96.0 Å². The van der Waals surface area contributed by atoms with E-state index >= 15 is 0 Å². The van der Waals surface area contributed by atoms with Gasteiger partial charge in [-0.1, -0.05) is 13.0 Å². The Bertz CT molecular complexity index is 1270. The van der Waals surface area contributed by atoms with Crippen LogP contribution in [0.25, 0.3) is 0 Å². The number of aldehydes is 1. The largest absolute Gasteiger partial charge is 0.488 e. The van der Waals surface area contributed by atoms with Gasteiger partial charge in [-0.05, 0) is 70.0 Å². The van der Waals surface area contributed by atoms with Crippen molar-refractivity contribution < 1.29 is 52.4 Å². The molecule has 0 aliphatic carbocycles. The van der Waals surface area contributed by atoms with Crippen molar-refractivity contribution in [1.82, 2.24) is 0 Å². The zero-order valence-electron chi connectivity index (χ0n) is 27.2. The molecule has 2 aromatic rings. The highest BCUT2D eigenvalue weighted by molar-refractivity contribution is 5.85. The first kappa shape index (κ1) is 37.4. The molecular weight excluding hydrogens is 600 g/mol. The summed E-state index contributed by atoms with van der Waals surface area (Å²) in [7, 11) is 0. The van der Waals surface area contributed by atoms with E-state index < -0.39 is 23.9 Å². The lowest BCUT2D eigenvalue weighted by Crippen LogP contribution is -2.36. The molecule has 0 aromatic heterocycles. The molecule has 13 nitrogen and oxygen atoms in total. The van der Waals surface area contributed by atoms with Gasteiger partial charge in [0.15, 0.2) is 0 Å². The molecule has 0 saturated carbocycles. The van der Waals surface area contributed by atoms with Gasteiger partial charge in [0.2, 0.25) is 0 Å². The fraction of sp³-hybridized carbons (Fsp3) is 0.485. The van der Waals surface area contributed by atoms with Crippen LogP contribution in [0.1, 0.15) is 50.5 Å². The number of rotatable bonds is 21. The Balaban J connectivity index is 2.32. The van der Waals surface area contributed by atoms with Crippen molar-refractivity contribution in [3.05, 3.63) is 47.5 Å². The first-order chi connectivity index (χ1) is 22.2. The summed E-state index contributed by atoms with van der Waals surface area (Å²) >= 11 is 0. The summed E-state index contributed by atoms with van der Waals surface area (Å²) in [6.45, 7) is 8.51. The topological polar surface area (TPSA) is 147 Å². The van der Waals surface area contributed by atoms with Gasteiger partial charge in [-0.3, -0.25) is 24.0 Å². The number of anilines is 2. The Hall–Kier alpha value is -4.81. The number of hydrogen-bond donors (Lipinski definition) is 0. The number of aryl methyl sites for hydroxylation is 1. The molecule has 0 heterocycles. The molecule has 0 aliphatic heterocycles. The van der Waals surface area contributed by atoms with Crippen molar-refractivity contribution in [1.29, 1.82) is 0 Å². The second-order valence-electron chi connectivity index (χ2n) is 9.63. The van der Waals surface area contributed by atoms with Crippen LogP contribution in [0.4, 0.5) is 11.4 Å². The van der Waals surface area contributed by atoms with E-state index in [-0.39, 0.29) is 71.6 Å². The summed E-state index contributed by atoms with van der Waals surface area (Å²) in [6, 6.07) is 10.1. The minimum Gasteiger partial charge on any atom is -0.488 e. The van der Waals surface area contributed by atoms with Gasteiger partial charge in [-0.2, -0.15) is 0 Å². The summed E-state index contributed by atoms with van der Waals surface area (Å²) in [5.74, 6) is -1.52. The van der Waals surface area contributed by atoms with E-state index in [4.69, 9.17) is 28.4 Å². The minimum atomic E-state index is -0.557. The molecule has 2 aromatic carbocycles. The Kier molecular flexibility index (Phi) is 16.5. The number of benzene rings is 2. The van der Waals surface area contributed by atoms with Crippen LogP contribution in [0, 0.1) is 0 Å². The third-order valence-electron chi connectivity index (χ3n) is 6.33. The minimum absolute atomic E-state index is 0.00726. The predicted molar refractivity (Wildman–Crippen MR) is 170 cm³/mol. The molecule has 0 saturated heterocycles. The third-order valence-corrected chi connectivity index (χ3v) is 6.33. The molecule has 0 spiro atoms. The lowest BCUT2D eigenvalue weighted by atomic mass is 10.1. The molecule has 0 bridgehead atoms. The van der Waals surface area contributed by atoms with Gasteiger partial charge in [-0.15, -0.1) is 0 Å². The van der Waals surface area contributed by atoms with Crippen LogP contribution < -0.4 is 19.3 Å². The second kappa shape index (κ2) is 20.3. The van der Waals surface area contributed by atoms with Crippen LogP contribution in [0.2, 0.25) is 0 Å². The number of ether oxygens (including phenoxy) is 6. The monoisotopic (exact) mass is 644 g/mol. The lowest BCUT2D eigenvalue weighted by molar-refractivity contribution is -0.144. The van der Waals surface area contributed by atoms with E-state index in [1.54, 1.807) is 44.7 Å². The maximum atomic E-state index is 12.4. The summed E-state index contributed by atoms with van der Waals surface area (Å²) in [6.07, 6.45) is 1.35. The SMILES string of the molecule is CCOC(=O)CN(CC(=O)OCC)c1ccc(C=O)cc1OCCOc1ccc(CC)cc1N(CC(=O)OCC)CC(=O)OCC. The van der Waals surface area contributed by atoms with Crippen LogP contribution >= 0.6 is 0 Å². The molecule has 46 heavy (non-hydrogen) atoms. The Morgan fingerprint density at radius 3 is 1.48 bits per heavy atom. The molecule has 252 valence electrons. The summed E-state index contributed by atoms with van der Waals surface area (Å²) in [5, 5.41) is 0. The quantitative estimate of drug-likeness (QED) is 0.0847. The van der Waals surface area contributed by atoms with Crippen molar-refractivity contribution >= 4 is 41.5 Å². The van der Waals surface area contributed by atoms with Gasteiger partial charge in [-0.25, -0.2) is 0 Å². The number of carbonyl (C=O) groups is 5. The van der Waals surface area contributed by atoms with E-state index in [2.05, 4.69) is 0 Å². The van der Waals surface area contributed by atoms with E-state index in [9.17, 15) is 24.0 Å². The van der Waals surface area contributed by atoms with Crippen LogP contribution in [-0.2, 0) is 44.5 Å². The highest BCUT2D eigenvalue weighted by atomic mass is 16.5. The van der Waals surface area contributed by atoms with Gasteiger partial charge in [0.25, 0.3) is 0 Å². The maximum absolute atomic E-state index is 12.4. The van der Waals surface area contributed by atoms with Gasteiger partial charge >= 0.3 is 23.9 Å². The third kappa shape index (κ3) is 12.3. The normalized spacial score (nSPS) is 10.4. The standard InChI is InChI=1S/C33H44N2O11/c1-6-24-12-14-28(27(17-24)35(21-32(39)43-9-4)22-33(40)44-10-5)45-15-16-46-29-18-25(23-36)11-13-26(29)34(19-30(37)41-7-2)20-31(38)42-8-3/h11-14,17-18,23H,6-10,15-16,19-22H2,1-5H3. The highest BCUT2D eigenvalue weighted by Gasteiger charge is 2.23. The highest BCUT2D eigenvalue weighted by Crippen LogP contribution is 2.32. The molecule has 0 fully saturated rings. The number of hydrogen-bond acceptors (Lipinski definition) is 13. The first-order valence-corrected chi connectivity index (χ1v) is 15.3. The number of esters is 4. The average Bonchev–Trinajstić information content (AvgIpc) is 3.03. The second-order valence-corrected chi connectivity index (χ2v) is 9.63. The van der Waals surface area contributed by atoms with E-state index in [1.807, 2.05) is 19.1 Å². The van der Waals surface area contributed by atoms with Crippen LogP contribution in [0.3, 0.4) is 0 Å². The van der Waals surface area contributed by atoms with Gasteiger partial charge in [0, 0.05) is 5.56 Å². The molecule has 2 rings (SSSR count). The molecule has 0 N–H and O–H groups in total. The van der Waals surface area contributed by atoms with Gasteiger partial charge in [0.05, 0.1) is 37.8 Å². The molecule has 0 aliphatic rings. The van der Waals surface area contributed by atoms with E-state index in [0.717, 1.165) is 5.56 Å². The predicted octanol–water partition coefficient (Wildman–Crippen LogP) is 3.38. The zero-order valence-corrected chi connectivity index (χ0v) is 27.2. The Labute approximate surface area is 269 Å². The average molecular weight is 645 g/mol. The fourth-order valence-electron chi connectivity index (χ4n) is 4.34. The van der Waals surface area contributed by atoms with Crippen molar-refractivity contribution in [2.75, 3.05) is 75.6 Å². The van der Waals surface area contributed by atoms with Crippen molar-refractivity contribution in [2.24, 2.45) is 0 Å². The molecule has 0 amide bonds. The van der Waals surface area contributed by atoms with Crippen molar-refractivity contribution in [3.8, 4) is 11.5 Å². The Morgan fingerprint density at radius 2 is 1.04 bits per heavy atom. The molecule has 0 atom stereocenters. The van der Waals surface area contributed by atoms with Crippen LogP contribution in [0.15, 0.2) is 36.4 Å². The maximum Gasteiger partial charge on any atom is 0.325 e. The summed E-state index contributed by atoms with van der Waals surface area (Å²) < 4.78 is 32.5. The molecule has 13 heteroatoms. The Morgan fingerprint density at radius 1 is 0.587 bits per heavy atom. The van der Waals surface area contributed by atoms with Gasteiger partial charge in [0.1, 0.15) is 57.2 Å². The summed E-state index contributed by atoms with van der Waals surface area (Å²) in [4.78, 5) is 64.1. The van der Waals surface area contributed by atoms with E-state index in [1.165, 1.54) is 17.0 Å². The van der Waals surface area contributed by atoms with Crippen molar-refractivity contribution in [2.45, 2.75) is 41.0 Å². The van der Waals surface area contributed by atoms with Crippen LogP contribution in [0.5, 0.6) is 11.5 Å². The first-order valence-electron chi connectivity index (χ1n) is 15.3. The molecule has 0 radical (unpaired) electrons. The number of nitrogens with zero attached hydrogens (tertiary/aromatic N) is 2. The molecule has 0 unspecified atom stereocenters. The smallest absolute Gasteiger partial charge is 0.325 e. The number of carbonyl (C=O) groups excluding carboxylic acids is 5. The molecular formula is C33H44N2O11.